The van der Waals surface area contributed by atoms with Crippen LogP contribution in [0.2, 0.25) is 0 Å². The Labute approximate surface area is 202 Å². The molecule has 0 saturated heterocycles. The molecule has 0 saturated carbocycles. The second-order valence-electron chi connectivity index (χ2n) is 8.49. The van der Waals surface area contributed by atoms with Crippen LogP contribution >= 0.6 is 0 Å². The molecule has 1 N–H and O–H groups in total. The van der Waals surface area contributed by atoms with Crippen molar-refractivity contribution in [3.63, 3.8) is 0 Å². The minimum Gasteiger partial charge on any atom is -0.491 e. The molecule has 0 heterocycles. The van der Waals surface area contributed by atoms with Crippen molar-refractivity contribution in [2.75, 3.05) is 53.4 Å². The molecule has 0 radical (unpaired) electrons. The highest BCUT2D eigenvalue weighted by Gasteiger charge is 2.13. The van der Waals surface area contributed by atoms with Crippen LogP contribution in [-0.2, 0) is 25.4 Å². The van der Waals surface area contributed by atoms with E-state index < -0.39 is 5.97 Å². The van der Waals surface area contributed by atoms with Crippen molar-refractivity contribution in [3.8, 4) is 11.5 Å². The van der Waals surface area contributed by atoms with Gasteiger partial charge < -0.3 is 28.8 Å². The normalized spacial score (nSPS) is 11.1. The fraction of sp³-hybridized carbons (Fsp3) is 0.519. The van der Waals surface area contributed by atoms with Crippen molar-refractivity contribution < 1.29 is 33.6 Å². The topological polar surface area (TPSA) is 83.5 Å². The summed E-state index contributed by atoms with van der Waals surface area (Å²) in [6, 6.07) is 10.1. The molecule has 0 spiro atoms. The molecule has 0 fully saturated rings. The fourth-order valence-corrected chi connectivity index (χ4v) is 3.63. The molecule has 188 valence electrons. The molecular formula is C27H38O7. The van der Waals surface area contributed by atoms with E-state index in [1.54, 1.807) is 7.11 Å². The number of aryl methyl sites for hydroxylation is 2. The average Bonchev–Trinajstić information content (AvgIpc) is 2.79. The second kappa shape index (κ2) is 14.6. The highest BCUT2D eigenvalue weighted by Crippen LogP contribution is 2.30. The number of methoxy groups -OCH3 is 1. The van der Waals surface area contributed by atoms with Gasteiger partial charge in [0.1, 0.15) is 18.1 Å². The predicted octanol–water partition coefficient (Wildman–Crippen LogP) is 4.54. The average molecular weight is 475 g/mol. The number of hydrogen-bond donors (Lipinski definition) is 1. The zero-order valence-corrected chi connectivity index (χ0v) is 21.0. The van der Waals surface area contributed by atoms with Gasteiger partial charge in [0.05, 0.1) is 33.0 Å². The fourth-order valence-electron chi connectivity index (χ4n) is 3.63. The summed E-state index contributed by atoms with van der Waals surface area (Å²) in [6.07, 6.45) is 0.781. The van der Waals surface area contributed by atoms with Gasteiger partial charge in [-0.1, -0.05) is 26.0 Å². The summed E-state index contributed by atoms with van der Waals surface area (Å²) >= 11 is 0. The van der Waals surface area contributed by atoms with Crippen LogP contribution < -0.4 is 9.47 Å². The molecule has 2 rings (SSSR count). The van der Waals surface area contributed by atoms with E-state index in [-0.39, 0.29) is 6.61 Å². The van der Waals surface area contributed by atoms with Gasteiger partial charge in [-0.3, -0.25) is 0 Å². The summed E-state index contributed by atoms with van der Waals surface area (Å²) in [6.45, 7) is 11.2. The number of carboxylic acid groups (broad SMARTS) is 1. The van der Waals surface area contributed by atoms with Gasteiger partial charge >= 0.3 is 5.97 Å². The lowest BCUT2D eigenvalue weighted by atomic mass is 9.93. The van der Waals surface area contributed by atoms with Crippen LogP contribution in [0.5, 0.6) is 11.5 Å². The number of carboxylic acids is 1. The van der Waals surface area contributed by atoms with Crippen molar-refractivity contribution in [2.45, 2.75) is 40.0 Å². The first-order chi connectivity index (χ1) is 16.3. The van der Waals surface area contributed by atoms with Gasteiger partial charge in [-0.15, -0.1) is 0 Å². The van der Waals surface area contributed by atoms with E-state index in [2.05, 4.69) is 26.0 Å². The smallest absolute Gasteiger partial charge is 0.341 e. The third kappa shape index (κ3) is 9.33. The van der Waals surface area contributed by atoms with Crippen molar-refractivity contribution in [2.24, 2.45) is 0 Å². The van der Waals surface area contributed by atoms with Crippen LogP contribution in [0.1, 0.15) is 47.6 Å². The largest absolute Gasteiger partial charge is 0.491 e. The van der Waals surface area contributed by atoms with E-state index >= 15 is 0 Å². The third-order valence-electron chi connectivity index (χ3n) is 5.40. The number of carbonyl (C=O) groups is 1. The van der Waals surface area contributed by atoms with Gasteiger partial charge in [0.2, 0.25) is 0 Å². The highest BCUT2D eigenvalue weighted by molar-refractivity contribution is 5.68. The van der Waals surface area contributed by atoms with E-state index in [4.69, 9.17) is 28.8 Å². The third-order valence-corrected chi connectivity index (χ3v) is 5.40. The summed E-state index contributed by atoms with van der Waals surface area (Å²) in [5.74, 6) is 0.793. The molecule has 2 aromatic rings. The summed E-state index contributed by atoms with van der Waals surface area (Å²) in [5, 5.41) is 8.83. The molecule has 0 amide bonds. The molecule has 0 aliphatic carbocycles. The van der Waals surface area contributed by atoms with E-state index in [1.165, 1.54) is 11.1 Å². The predicted molar refractivity (Wildman–Crippen MR) is 131 cm³/mol. The Kier molecular flexibility index (Phi) is 11.9. The molecule has 0 aliphatic rings. The maximum atomic E-state index is 10.8. The van der Waals surface area contributed by atoms with E-state index in [9.17, 15) is 4.79 Å². The lowest BCUT2D eigenvalue weighted by molar-refractivity contribution is -0.139. The molecule has 7 nitrogen and oxygen atoms in total. The van der Waals surface area contributed by atoms with Gasteiger partial charge in [0.25, 0.3) is 0 Å². The van der Waals surface area contributed by atoms with Gasteiger partial charge in [-0.05, 0) is 72.2 Å². The number of benzene rings is 2. The quantitative estimate of drug-likeness (QED) is 0.358. The molecule has 0 aromatic heterocycles. The van der Waals surface area contributed by atoms with Crippen LogP contribution in [-0.4, -0.2) is 64.4 Å². The molecular weight excluding hydrogens is 436 g/mol. The van der Waals surface area contributed by atoms with Gasteiger partial charge in [0, 0.05) is 7.11 Å². The van der Waals surface area contributed by atoms with Crippen LogP contribution in [0.15, 0.2) is 30.3 Å². The summed E-state index contributed by atoms with van der Waals surface area (Å²) in [4.78, 5) is 10.8. The second-order valence-corrected chi connectivity index (χ2v) is 8.49. The van der Waals surface area contributed by atoms with Crippen LogP contribution in [0.25, 0.3) is 0 Å². The summed E-state index contributed by atoms with van der Waals surface area (Å²) in [5.41, 5.74) is 5.74. The van der Waals surface area contributed by atoms with Crippen LogP contribution in [0.4, 0.5) is 0 Å². The van der Waals surface area contributed by atoms with Crippen LogP contribution in [0.3, 0.4) is 0 Å². The number of rotatable bonds is 16. The molecule has 0 bridgehead atoms. The van der Waals surface area contributed by atoms with Crippen molar-refractivity contribution in [1.29, 1.82) is 0 Å². The first-order valence-electron chi connectivity index (χ1n) is 11.7. The Morgan fingerprint density at radius 1 is 0.882 bits per heavy atom. The number of ether oxygens (including phenoxy) is 5. The van der Waals surface area contributed by atoms with E-state index in [1.807, 2.05) is 32.0 Å². The zero-order valence-electron chi connectivity index (χ0n) is 21.0. The summed E-state index contributed by atoms with van der Waals surface area (Å²) < 4.78 is 27.2. The number of aliphatic carboxylic acids is 1. The Hall–Kier alpha value is -2.61. The Morgan fingerprint density at radius 3 is 2.09 bits per heavy atom. The van der Waals surface area contributed by atoms with Crippen molar-refractivity contribution in [1.82, 2.24) is 0 Å². The Balaban J connectivity index is 1.95. The first-order valence-corrected chi connectivity index (χ1v) is 11.7. The SMILES string of the molecule is COCCOCCOCCOc1ccc(Cc2c(C)cc(OCC(=O)O)cc2C)cc1C(C)C. The monoisotopic (exact) mass is 474 g/mol. The highest BCUT2D eigenvalue weighted by atomic mass is 16.6. The van der Waals surface area contributed by atoms with Gasteiger partial charge in [0.15, 0.2) is 6.61 Å². The van der Waals surface area contributed by atoms with Gasteiger partial charge in [-0.2, -0.15) is 0 Å². The van der Waals surface area contributed by atoms with Crippen molar-refractivity contribution >= 4 is 5.97 Å². The van der Waals surface area contributed by atoms with Crippen molar-refractivity contribution in [3.05, 3.63) is 58.1 Å². The van der Waals surface area contributed by atoms with Crippen LogP contribution in [0, 0.1) is 13.8 Å². The molecule has 0 aliphatic heterocycles. The van der Waals surface area contributed by atoms with E-state index in [0.29, 0.717) is 51.3 Å². The van der Waals surface area contributed by atoms with E-state index in [0.717, 1.165) is 28.9 Å². The minimum atomic E-state index is -0.985. The molecule has 7 heteroatoms. The van der Waals surface area contributed by atoms with Gasteiger partial charge in [-0.25, -0.2) is 4.79 Å². The maximum absolute atomic E-state index is 10.8. The Bertz CT molecular complexity index is 885. The molecule has 0 atom stereocenters. The molecule has 2 aromatic carbocycles. The summed E-state index contributed by atoms with van der Waals surface area (Å²) in [7, 11) is 1.65. The number of hydrogen-bond acceptors (Lipinski definition) is 6. The zero-order chi connectivity index (χ0) is 24.9. The maximum Gasteiger partial charge on any atom is 0.341 e. The lowest BCUT2D eigenvalue weighted by Crippen LogP contribution is -2.13. The Morgan fingerprint density at radius 2 is 1.50 bits per heavy atom. The first kappa shape index (κ1) is 27.6. The lowest BCUT2D eigenvalue weighted by Gasteiger charge is -2.17. The minimum absolute atomic E-state index is 0.319. The standard InChI is InChI=1S/C27H38O7/c1-19(2)24-16-22(6-7-26(24)33-13-12-32-11-10-31-9-8-30-5)17-25-20(3)14-23(15-21(25)4)34-18-27(28)29/h6-7,14-16,19H,8-13,17-18H2,1-5H3,(H,28,29). The molecule has 34 heavy (non-hydrogen) atoms. The molecule has 0 unspecified atom stereocenters.